The van der Waals surface area contributed by atoms with E-state index < -0.39 is 12.0 Å². The maximum Gasteiger partial charge on any atom is 0.326 e. The van der Waals surface area contributed by atoms with E-state index in [2.05, 4.69) is 5.32 Å². The van der Waals surface area contributed by atoms with Crippen molar-refractivity contribution in [1.82, 2.24) is 5.32 Å². The zero-order valence-corrected chi connectivity index (χ0v) is 10.7. The van der Waals surface area contributed by atoms with Crippen molar-refractivity contribution in [2.24, 2.45) is 0 Å². The molecule has 0 radical (unpaired) electrons. The van der Waals surface area contributed by atoms with E-state index >= 15 is 0 Å². The lowest BCUT2D eigenvalue weighted by atomic mass is 10.1. The second-order valence-corrected chi connectivity index (χ2v) is 4.43. The fourth-order valence-corrected chi connectivity index (χ4v) is 1.95. The molecule has 18 heavy (non-hydrogen) atoms. The van der Waals surface area contributed by atoms with Crippen LogP contribution in [0.3, 0.4) is 0 Å². The normalized spacial score (nSPS) is 20.6. The third-order valence-electron chi connectivity index (χ3n) is 2.91. The molecule has 1 fully saturated rings. The van der Waals surface area contributed by atoms with Crippen LogP contribution in [0.5, 0.6) is 0 Å². The quantitative estimate of drug-likeness (QED) is 0.622. The fourth-order valence-electron chi connectivity index (χ4n) is 1.95. The maximum absolute atomic E-state index is 11.7. The minimum Gasteiger partial charge on any atom is -0.480 e. The minimum absolute atomic E-state index is 0.0570. The monoisotopic (exact) mass is 259 g/mol. The van der Waals surface area contributed by atoms with Gasteiger partial charge in [0, 0.05) is 20.3 Å². The van der Waals surface area contributed by atoms with Crippen LogP contribution < -0.4 is 5.32 Å². The lowest BCUT2D eigenvalue weighted by Gasteiger charge is -2.15. The average molecular weight is 259 g/mol. The van der Waals surface area contributed by atoms with Crippen molar-refractivity contribution in [3.8, 4) is 0 Å². The van der Waals surface area contributed by atoms with E-state index in [4.69, 9.17) is 14.6 Å². The Morgan fingerprint density at radius 3 is 2.89 bits per heavy atom. The van der Waals surface area contributed by atoms with E-state index in [1.807, 2.05) is 0 Å². The lowest BCUT2D eigenvalue weighted by molar-refractivity contribution is -0.142. The third kappa shape index (κ3) is 5.46. The van der Waals surface area contributed by atoms with E-state index in [0.29, 0.717) is 26.1 Å². The summed E-state index contributed by atoms with van der Waals surface area (Å²) in [6.07, 6.45) is 3.00. The number of hydrogen-bond acceptors (Lipinski definition) is 4. The third-order valence-corrected chi connectivity index (χ3v) is 2.91. The molecule has 0 spiro atoms. The second kappa shape index (κ2) is 8.05. The SMILES string of the molecule is COCCCC(NC(=O)CC1CCCO1)C(=O)O. The van der Waals surface area contributed by atoms with Gasteiger partial charge in [-0.25, -0.2) is 4.79 Å². The summed E-state index contributed by atoms with van der Waals surface area (Å²) in [7, 11) is 1.56. The Bertz CT molecular complexity index is 276. The fraction of sp³-hybridized carbons (Fsp3) is 0.833. The number of methoxy groups -OCH3 is 1. The number of carbonyl (C=O) groups excluding carboxylic acids is 1. The van der Waals surface area contributed by atoms with Gasteiger partial charge in [-0.15, -0.1) is 0 Å². The zero-order valence-electron chi connectivity index (χ0n) is 10.7. The van der Waals surface area contributed by atoms with Gasteiger partial charge in [0.2, 0.25) is 5.91 Å². The standard InChI is InChI=1S/C12H21NO5/c1-17-6-3-5-10(12(15)16)13-11(14)8-9-4-2-7-18-9/h9-10H,2-8H2,1H3,(H,13,14)(H,15,16). The highest BCUT2D eigenvalue weighted by atomic mass is 16.5. The molecule has 1 rings (SSSR count). The van der Waals surface area contributed by atoms with Gasteiger partial charge in [0.15, 0.2) is 0 Å². The summed E-state index contributed by atoms with van der Waals surface area (Å²) in [6, 6.07) is -0.839. The molecule has 1 aliphatic heterocycles. The molecule has 1 amide bonds. The first kappa shape index (κ1) is 14.9. The molecule has 2 N–H and O–H groups in total. The van der Waals surface area contributed by atoms with Crippen molar-refractivity contribution in [3.63, 3.8) is 0 Å². The predicted molar refractivity (Wildman–Crippen MR) is 64.3 cm³/mol. The highest BCUT2D eigenvalue weighted by molar-refractivity contribution is 5.83. The molecule has 1 heterocycles. The largest absolute Gasteiger partial charge is 0.480 e. The summed E-state index contributed by atoms with van der Waals surface area (Å²) in [6.45, 7) is 1.18. The smallest absolute Gasteiger partial charge is 0.326 e. The molecule has 0 aliphatic carbocycles. The van der Waals surface area contributed by atoms with Crippen LogP contribution in [0, 0.1) is 0 Å². The summed E-state index contributed by atoms with van der Waals surface area (Å²) >= 11 is 0. The summed E-state index contributed by atoms with van der Waals surface area (Å²) in [5.41, 5.74) is 0. The van der Waals surface area contributed by atoms with Gasteiger partial charge in [-0.1, -0.05) is 0 Å². The highest BCUT2D eigenvalue weighted by Crippen LogP contribution is 2.15. The van der Waals surface area contributed by atoms with E-state index in [0.717, 1.165) is 12.8 Å². The van der Waals surface area contributed by atoms with Gasteiger partial charge < -0.3 is 19.9 Å². The van der Waals surface area contributed by atoms with E-state index in [-0.39, 0.29) is 18.4 Å². The molecule has 2 unspecified atom stereocenters. The van der Waals surface area contributed by atoms with Crippen molar-refractivity contribution in [2.45, 2.75) is 44.2 Å². The molecule has 0 bridgehead atoms. The number of ether oxygens (including phenoxy) is 2. The number of carboxylic acid groups (broad SMARTS) is 1. The Balaban J connectivity index is 2.29. The van der Waals surface area contributed by atoms with Crippen molar-refractivity contribution < 1.29 is 24.2 Å². The van der Waals surface area contributed by atoms with Crippen LogP contribution in [0.2, 0.25) is 0 Å². The molecule has 0 saturated carbocycles. The van der Waals surface area contributed by atoms with Gasteiger partial charge in [-0.05, 0) is 25.7 Å². The van der Waals surface area contributed by atoms with Gasteiger partial charge >= 0.3 is 5.97 Å². The molecular weight excluding hydrogens is 238 g/mol. The predicted octanol–water partition coefficient (Wildman–Crippen LogP) is 0.552. The van der Waals surface area contributed by atoms with Gasteiger partial charge in [0.05, 0.1) is 12.5 Å². The molecule has 0 aromatic rings. The topological polar surface area (TPSA) is 84.9 Å². The summed E-state index contributed by atoms with van der Waals surface area (Å²) < 4.78 is 10.2. The number of carboxylic acids is 1. The number of nitrogens with one attached hydrogen (secondary N) is 1. The molecule has 0 aromatic carbocycles. The van der Waals surface area contributed by atoms with Crippen molar-refractivity contribution in [3.05, 3.63) is 0 Å². The number of rotatable bonds is 8. The van der Waals surface area contributed by atoms with Gasteiger partial charge in [-0.3, -0.25) is 4.79 Å². The molecular formula is C12H21NO5. The first-order valence-corrected chi connectivity index (χ1v) is 6.26. The van der Waals surface area contributed by atoms with Gasteiger partial charge in [0.25, 0.3) is 0 Å². The first-order valence-electron chi connectivity index (χ1n) is 6.26. The Labute approximate surface area is 107 Å². The molecule has 6 nitrogen and oxygen atoms in total. The molecule has 1 saturated heterocycles. The number of aliphatic carboxylic acids is 1. The minimum atomic E-state index is -1.01. The van der Waals surface area contributed by atoms with E-state index in [1.54, 1.807) is 7.11 Å². The second-order valence-electron chi connectivity index (χ2n) is 4.43. The van der Waals surface area contributed by atoms with Crippen LogP contribution in [0.25, 0.3) is 0 Å². The van der Waals surface area contributed by atoms with Crippen LogP contribution in [-0.2, 0) is 19.1 Å². The molecule has 0 aromatic heterocycles. The Morgan fingerprint density at radius 2 is 2.33 bits per heavy atom. The highest BCUT2D eigenvalue weighted by Gasteiger charge is 2.23. The van der Waals surface area contributed by atoms with Crippen molar-refractivity contribution in [2.75, 3.05) is 20.3 Å². The summed E-state index contributed by atoms with van der Waals surface area (Å²) in [5.74, 6) is -1.27. The van der Waals surface area contributed by atoms with Gasteiger partial charge in [-0.2, -0.15) is 0 Å². The van der Waals surface area contributed by atoms with Crippen LogP contribution in [0.1, 0.15) is 32.1 Å². The molecule has 1 aliphatic rings. The average Bonchev–Trinajstić information content (AvgIpc) is 2.80. The first-order chi connectivity index (χ1) is 8.63. The molecule has 2 atom stereocenters. The molecule has 6 heteroatoms. The number of carbonyl (C=O) groups is 2. The van der Waals surface area contributed by atoms with E-state index in [9.17, 15) is 9.59 Å². The number of hydrogen-bond donors (Lipinski definition) is 2. The zero-order chi connectivity index (χ0) is 13.4. The summed E-state index contributed by atoms with van der Waals surface area (Å²) in [4.78, 5) is 22.6. The van der Waals surface area contributed by atoms with Crippen LogP contribution in [0.15, 0.2) is 0 Å². The Hall–Kier alpha value is -1.14. The van der Waals surface area contributed by atoms with E-state index in [1.165, 1.54) is 0 Å². The van der Waals surface area contributed by atoms with Crippen LogP contribution in [0.4, 0.5) is 0 Å². The van der Waals surface area contributed by atoms with Crippen molar-refractivity contribution >= 4 is 11.9 Å². The molecule has 104 valence electrons. The van der Waals surface area contributed by atoms with Crippen LogP contribution >= 0.6 is 0 Å². The Morgan fingerprint density at radius 1 is 1.56 bits per heavy atom. The van der Waals surface area contributed by atoms with Crippen LogP contribution in [-0.4, -0.2) is 49.5 Å². The summed E-state index contributed by atoms with van der Waals surface area (Å²) in [5, 5.41) is 11.5. The van der Waals surface area contributed by atoms with Gasteiger partial charge in [0.1, 0.15) is 6.04 Å². The number of amides is 1. The lowest BCUT2D eigenvalue weighted by Crippen LogP contribution is -2.42. The van der Waals surface area contributed by atoms with Crippen molar-refractivity contribution in [1.29, 1.82) is 0 Å². The Kier molecular flexibility index (Phi) is 6.67. The maximum atomic E-state index is 11.7.